The van der Waals surface area contributed by atoms with Gasteiger partial charge >= 0.3 is 6.61 Å². The number of hydrogen-bond acceptors (Lipinski definition) is 5. The van der Waals surface area contributed by atoms with Gasteiger partial charge in [-0.25, -0.2) is 0 Å². The SMILES string of the molecule is O=C(CC1CSCCN1)NC1CCN(c2ccccc2OC(F)F)C1. The van der Waals surface area contributed by atoms with Crippen molar-refractivity contribution >= 4 is 23.4 Å². The molecule has 3 rings (SSSR count). The highest BCUT2D eigenvalue weighted by Crippen LogP contribution is 2.31. The summed E-state index contributed by atoms with van der Waals surface area (Å²) in [6.45, 7) is -0.602. The summed E-state index contributed by atoms with van der Waals surface area (Å²) in [6, 6.07) is 7.04. The third-order valence-corrected chi connectivity index (χ3v) is 5.54. The Morgan fingerprint density at radius 3 is 3.04 bits per heavy atom. The molecule has 138 valence electrons. The minimum absolute atomic E-state index is 0.0309. The van der Waals surface area contributed by atoms with Crippen LogP contribution in [0.4, 0.5) is 14.5 Å². The first kappa shape index (κ1) is 18.3. The number of anilines is 1. The standard InChI is InChI=1S/C17H23F2N3O2S/c18-17(19)24-15-4-2-1-3-14(15)22-7-5-12(10-22)21-16(23)9-13-11-25-8-6-20-13/h1-4,12-13,17,20H,5-11H2,(H,21,23). The van der Waals surface area contributed by atoms with Crippen LogP contribution >= 0.6 is 11.8 Å². The molecule has 0 aromatic heterocycles. The van der Waals surface area contributed by atoms with Gasteiger partial charge in [0.2, 0.25) is 5.91 Å². The van der Waals surface area contributed by atoms with Crippen molar-refractivity contribution < 1.29 is 18.3 Å². The van der Waals surface area contributed by atoms with E-state index in [-0.39, 0.29) is 23.7 Å². The molecule has 0 saturated carbocycles. The zero-order valence-electron chi connectivity index (χ0n) is 13.9. The number of hydrogen-bond donors (Lipinski definition) is 2. The summed E-state index contributed by atoms with van der Waals surface area (Å²) in [5.41, 5.74) is 0.643. The number of amides is 1. The maximum absolute atomic E-state index is 12.6. The summed E-state index contributed by atoms with van der Waals surface area (Å²) in [5, 5.41) is 6.42. The van der Waals surface area contributed by atoms with Crippen LogP contribution in [0.5, 0.6) is 5.75 Å². The number of para-hydroxylation sites is 2. The Bertz CT molecular complexity index is 585. The van der Waals surface area contributed by atoms with Crippen LogP contribution in [0.3, 0.4) is 0 Å². The molecule has 0 radical (unpaired) electrons. The van der Waals surface area contributed by atoms with Gasteiger partial charge in [0.25, 0.3) is 0 Å². The fraction of sp³-hybridized carbons (Fsp3) is 0.588. The zero-order valence-corrected chi connectivity index (χ0v) is 14.7. The van der Waals surface area contributed by atoms with E-state index in [1.165, 1.54) is 0 Å². The smallest absolute Gasteiger partial charge is 0.387 e. The third kappa shape index (κ3) is 5.22. The van der Waals surface area contributed by atoms with Crippen molar-refractivity contribution in [3.63, 3.8) is 0 Å². The molecule has 2 unspecified atom stereocenters. The first-order valence-corrected chi connectivity index (χ1v) is 9.66. The molecule has 2 fully saturated rings. The van der Waals surface area contributed by atoms with Crippen molar-refractivity contribution in [2.45, 2.75) is 31.5 Å². The first-order chi connectivity index (χ1) is 12.1. The van der Waals surface area contributed by atoms with Crippen LogP contribution in [0.2, 0.25) is 0 Å². The van der Waals surface area contributed by atoms with Gasteiger partial charge in [-0.05, 0) is 18.6 Å². The van der Waals surface area contributed by atoms with Gasteiger partial charge in [-0.1, -0.05) is 12.1 Å². The number of alkyl halides is 2. The summed E-state index contributed by atoms with van der Waals surface area (Å²) in [4.78, 5) is 14.2. The van der Waals surface area contributed by atoms with Gasteiger partial charge in [0.1, 0.15) is 5.75 Å². The van der Waals surface area contributed by atoms with Crippen molar-refractivity contribution in [3.05, 3.63) is 24.3 Å². The van der Waals surface area contributed by atoms with Gasteiger partial charge in [0, 0.05) is 49.6 Å². The number of carbonyl (C=O) groups excluding carboxylic acids is 1. The molecule has 0 aliphatic carbocycles. The highest BCUT2D eigenvalue weighted by atomic mass is 32.2. The maximum Gasteiger partial charge on any atom is 0.387 e. The molecule has 2 heterocycles. The molecule has 1 aromatic carbocycles. The van der Waals surface area contributed by atoms with Gasteiger partial charge in [-0.15, -0.1) is 0 Å². The lowest BCUT2D eigenvalue weighted by atomic mass is 10.2. The lowest BCUT2D eigenvalue weighted by Gasteiger charge is -2.24. The van der Waals surface area contributed by atoms with E-state index in [2.05, 4.69) is 15.4 Å². The molecule has 1 aromatic rings. The fourth-order valence-electron chi connectivity index (χ4n) is 3.27. The van der Waals surface area contributed by atoms with Crippen molar-refractivity contribution in [2.75, 3.05) is 36.0 Å². The highest BCUT2D eigenvalue weighted by Gasteiger charge is 2.27. The summed E-state index contributed by atoms with van der Waals surface area (Å²) in [6.07, 6.45) is 1.27. The van der Waals surface area contributed by atoms with Gasteiger partial charge in [-0.3, -0.25) is 4.79 Å². The first-order valence-electron chi connectivity index (χ1n) is 8.51. The fourth-order valence-corrected chi connectivity index (χ4v) is 4.22. The molecule has 5 nitrogen and oxygen atoms in total. The number of nitrogens with one attached hydrogen (secondary N) is 2. The highest BCUT2D eigenvalue weighted by molar-refractivity contribution is 7.99. The van der Waals surface area contributed by atoms with Crippen LogP contribution in [0, 0.1) is 0 Å². The van der Waals surface area contributed by atoms with E-state index >= 15 is 0 Å². The molecule has 2 aliphatic rings. The summed E-state index contributed by atoms with van der Waals surface area (Å²) in [7, 11) is 0. The van der Waals surface area contributed by atoms with Crippen LogP contribution in [-0.4, -0.2) is 55.7 Å². The molecule has 0 spiro atoms. The van der Waals surface area contributed by atoms with Crippen molar-refractivity contribution in [1.29, 1.82) is 0 Å². The number of nitrogens with zero attached hydrogens (tertiary/aromatic N) is 1. The normalized spacial score (nSPS) is 23.7. The number of thioether (sulfide) groups is 1. The largest absolute Gasteiger partial charge is 0.433 e. The monoisotopic (exact) mass is 371 g/mol. The minimum atomic E-state index is -2.85. The second-order valence-electron chi connectivity index (χ2n) is 6.28. The Morgan fingerprint density at radius 1 is 1.44 bits per heavy atom. The van der Waals surface area contributed by atoms with Crippen molar-refractivity contribution in [3.8, 4) is 5.75 Å². The predicted octanol–water partition coefficient (Wildman–Crippen LogP) is 2.08. The Kier molecular flexibility index (Phi) is 6.36. The average molecular weight is 371 g/mol. The predicted molar refractivity (Wildman–Crippen MR) is 95.6 cm³/mol. The number of ether oxygens (including phenoxy) is 1. The summed E-state index contributed by atoms with van der Waals surface area (Å²) in [5.74, 6) is 2.27. The molecule has 2 aliphatic heterocycles. The van der Waals surface area contributed by atoms with Crippen molar-refractivity contribution in [2.24, 2.45) is 0 Å². The minimum Gasteiger partial charge on any atom is -0.433 e. The molecule has 0 bridgehead atoms. The Hall–Kier alpha value is -1.54. The number of halogens is 2. The Balaban J connectivity index is 1.52. The summed E-state index contributed by atoms with van der Waals surface area (Å²) >= 11 is 1.87. The van der Waals surface area contributed by atoms with Crippen molar-refractivity contribution in [1.82, 2.24) is 10.6 Å². The molecule has 25 heavy (non-hydrogen) atoms. The molecule has 1 amide bonds. The Morgan fingerprint density at radius 2 is 2.28 bits per heavy atom. The molecule has 8 heteroatoms. The second-order valence-corrected chi connectivity index (χ2v) is 7.43. The van der Waals surface area contributed by atoms with Gasteiger partial charge in [0.05, 0.1) is 5.69 Å². The number of carbonyl (C=O) groups is 1. The van der Waals surface area contributed by atoms with Crippen LogP contribution in [0.15, 0.2) is 24.3 Å². The van der Waals surface area contributed by atoms with E-state index in [4.69, 9.17) is 0 Å². The molecular weight excluding hydrogens is 348 g/mol. The molecule has 2 atom stereocenters. The average Bonchev–Trinajstić information content (AvgIpc) is 3.04. The van der Waals surface area contributed by atoms with E-state index < -0.39 is 6.61 Å². The van der Waals surface area contributed by atoms with Gasteiger partial charge in [0.15, 0.2) is 0 Å². The topological polar surface area (TPSA) is 53.6 Å². The lowest BCUT2D eigenvalue weighted by molar-refractivity contribution is -0.122. The van der Waals surface area contributed by atoms with E-state index in [0.29, 0.717) is 25.2 Å². The van der Waals surface area contributed by atoms with Crippen LogP contribution < -0.4 is 20.3 Å². The van der Waals surface area contributed by atoms with E-state index in [9.17, 15) is 13.6 Å². The van der Waals surface area contributed by atoms with Gasteiger partial charge in [-0.2, -0.15) is 20.5 Å². The molecule has 2 saturated heterocycles. The molecular formula is C17H23F2N3O2S. The van der Waals surface area contributed by atoms with Crippen LogP contribution in [-0.2, 0) is 4.79 Å². The van der Waals surface area contributed by atoms with E-state index in [1.807, 2.05) is 16.7 Å². The zero-order chi connectivity index (χ0) is 17.6. The Labute approximate surface area is 150 Å². The quantitative estimate of drug-likeness (QED) is 0.802. The molecule has 2 N–H and O–H groups in total. The number of benzene rings is 1. The summed E-state index contributed by atoms with van der Waals surface area (Å²) < 4.78 is 29.7. The number of rotatable bonds is 6. The lowest BCUT2D eigenvalue weighted by Crippen LogP contribution is -2.44. The van der Waals surface area contributed by atoms with E-state index in [1.54, 1.807) is 24.3 Å². The van der Waals surface area contributed by atoms with Crippen LogP contribution in [0.25, 0.3) is 0 Å². The van der Waals surface area contributed by atoms with Crippen LogP contribution in [0.1, 0.15) is 12.8 Å². The van der Waals surface area contributed by atoms with Gasteiger partial charge < -0.3 is 20.3 Å². The third-order valence-electron chi connectivity index (χ3n) is 4.41. The van der Waals surface area contributed by atoms with E-state index in [0.717, 1.165) is 24.5 Å². The maximum atomic E-state index is 12.6. The second kappa shape index (κ2) is 8.71.